The van der Waals surface area contributed by atoms with Crippen LogP contribution in [0.5, 0.6) is 0 Å². The van der Waals surface area contributed by atoms with Crippen molar-refractivity contribution in [3.05, 3.63) is 12.2 Å². The van der Waals surface area contributed by atoms with Crippen LogP contribution in [0, 0.1) is 0 Å². The first-order valence-electron chi connectivity index (χ1n) is 14.1. The maximum atomic E-state index is 13.3. The molecule has 3 atom stereocenters. The first-order chi connectivity index (χ1) is 15.7. The van der Waals surface area contributed by atoms with Gasteiger partial charge in [-0.15, -0.1) is 0 Å². The third kappa shape index (κ3) is 10.8. The molecule has 200 valence electrons. The van der Waals surface area contributed by atoms with Gasteiger partial charge in [0.15, 0.2) is 8.32 Å². The van der Waals surface area contributed by atoms with Crippen molar-refractivity contribution < 1.29 is 14.0 Å². The zero-order valence-electron chi connectivity index (χ0n) is 24.3. The van der Waals surface area contributed by atoms with Crippen LogP contribution in [0.15, 0.2) is 12.2 Å². The van der Waals surface area contributed by atoms with E-state index in [2.05, 4.69) is 59.9 Å². The highest BCUT2D eigenvalue weighted by Crippen LogP contribution is 2.40. The summed E-state index contributed by atoms with van der Waals surface area (Å²) in [6.45, 7) is 21.6. The van der Waals surface area contributed by atoms with Crippen molar-refractivity contribution in [3.63, 3.8) is 0 Å². The molecule has 1 saturated heterocycles. The predicted molar refractivity (Wildman–Crippen MR) is 149 cm³/mol. The average molecular weight is 496 g/mol. The lowest BCUT2D eigenvalue weighted by molar-refractivity contribution is -0.0266. The Bertz CT molecular complexity index is 618. The van der Waals surface area contributed by atoms with Gasteiger partial charge < -0.3 is 9.16 Å². The number of hydrogen-bond donors (Lipinski definition) is 0. The average Bonchev–Trinajstić information content (AvgIpc) is 2.69. The van der Waals surface area contributed by atoms with Gasteiger partial charge in [0.1, 0.15) is 5.60 Å². The van der Waals surface area contributed by atoms with Crippen LogP contribution in [0.1, 0.15) is 126 Å². The molecule has 0 aromatic rings. The van der Waals surface area contributed by atoms with Gasteiger partial charge in [0.05, 0.1) is 18.2 Å². The molecule has 0 N–H and O–H groups in total. The molecular formula is C29H57NO3Si. The van der Waals surface area contributed by atoms with Crippen LogP contribution < -0.4 is 0 Å². The summed E-state index contributed by atoms with van der Waals surface area (Å²) in [7, 11) is -1.92. The van der Waals surface area contributed by atoms with Gasteiger partial charge in [0.25, 0.3) is 0 Å². The second-order valence-corrected chi connectivity index (χ2v) is 17.6. The maximum absolute atomic E-state index is 13.3. The summed E-state index contributed by atoms with van der Waals surface area (Å²) in [5, 5.41) is 0.149. The summed E-state index contributed by atoms with van der Waals surface area (Å²) in [5.41, 5.74) is -0.505. The van der Waals surface area contributed by atoms with E-state index >= 15 is 0 Å². The van der Waals surface area contributed by atoms with Gasteiger partial charge >= 0.3 is 6.09 Å². The number of allylic oxidation sites excluding steroid dienone is 1. The number of hydrogen-bond acceptors (Lipinski definition) is 3. The molecule has 1 fully saturated rings. The van der Waals surface area contributed by atoms with E-state index in [1.54, 1.807) is 0 Å². The second kappa shape index (κ2) is 14.1. The number of nitrogens with zero attached hydrogens (tertiary/aromatic N) is 1. The number of ether oxygens (including phenoxy) is 1. The summed E-state index contributed by atoms with van der Waals surface area (Å²) >= 11 is 0. The first-order valence-corrected chi connectivity index (χ1v) is 17.0. The van der Waals surface area contributed by atoms with Crippen LogP contribution in [0.4, 0.5) is 4.79 Å². The molecule has 0 bridgehead atoms. The fourth-order valence-corrected chi connectivity index (χ4v) is 5.79. The molecule has 1 amide bonds. The molecule has 0 radical (unpaired) electrons. The van der Waals surface area contributed by atoms with E-state index in [4.69, 9.17) is 9.16 Å². The number of carbonyl (C=O) groups is 1. The van der Waals surface area contributed by atoms with E-state index in [-0.39, 0.29) is 29.3 Å². The molecule has 0 unspecified atom stereocenters. The Hall–Kier alpha value is -0.813. The standard InChI is InChI=1S/C29H57NO3Si/c1-11-12-13-14-15-16-17-18-19-20-21-25-22-23-26(33-34(9,10)29(6,7)8)24(2)30(25)27(31)32-28(3,4)5/h20-21,24-26H,11-19,22-23H2,1-10H3/b21-20+/t24-,25+,26+/m1/s1. The Labute approximate surface area is 213 Å². The molecule has 1 rings (SSSR count). The topological polar surface area (TPSA) is 38.8 Å². The van der Waals surface area contributed by atoms with E-state index in [1.807, 2.05) is 25.7 Å². The van der Waals surface area contributed by atoms with Gasteiger partial charge in [-0.2, -0.15) is 0 Å². The van der Waals surface area contributed by atoms with Gasteiger partial charge in [0.2, 0.25) is 0 Å². The van der Waals surface area contributed by atoms with Gasteiger partial charge in [-0.3, -0.25) is 4.90 Å². The van der Waals surface area contributed by atoms with Crippen molar-refractivity contribution in [1.29, 1.82) is 0 Å². The van der Waals surface area contributed by atoms with Crippen LogP contribution in [0.2, 0.25) is 18.1 Å². The minimum atomic E-state index is -1.92. The second-order valence-electron chi connectivity index (χ2n) is 12.9. The lowest BCUT2D eigenvalue weighted by atomic mass is 9.93. The molecule has 34 heavy (non-hydrogen) atoms. The number of rotatable bonds is 12. The predicted octanol–water partition coefficient (Wildman–Crippen LogP) is 9.25. The highest BCUT2D eigenvalue weighted by Gasteiger charge is 2.45. The maximum Gasteiger partial charge on any atom is 0.411 e. The van der Waals surface area contributed by atoms with E-state index in [9.17, 15) is 4.79 Å². The number of likely N-dealkylation sites (tertiary alicyclic amines) is 1. The lowest BCUT2D eigenvalue weighted by Gasteiger charge is -2.48. The monoisotopic (exact) mass is 495 g/mol. The Morgan fingerprint density at radius 3 is 2.03 bits per heavy atom. The van der Waals surface area contributed by atoms with Gasteiger partial charge in [-0.05, 0) is 71.5 Å². The summed E-state index contributed by atoms with van der Waals surface area (Å²) < 4.78 is 12.6. The molecular weight excluding hydrogens is 438 g/mol. The van der Waals surface area contributed by atoms with Crippen molar-refractivity contribution in [2.75, 3.05) is 0 Å². The Balaban J connectivity index is 2.74. The van der Waals surface area contributed by atoms with Crippen LogP contribution in [-0.2, 0) is 9.16 Å². The van der Waals surface area contributed by atoms with Crippen LogP contribution in [0.3, 0.4) is 0 Å². The summed E-state index contributed by atoms with van der Waals surface area (Å²) in [5.74, 6) is 0. The van der Waals surface area contributed by atoms with Crippen molar-refractivity contribution in [1.82, 2.24) is 4.90 Å². The zero-order valence-corrected chi connectivity index (χ0v) is 25.3. The number of piperidine rings is 1. The van der Waals surface area contributed by atoms with Crippen molar-refractivity contribution in [2.45, 2.75) is 168 Å². The Morgan fingerprint density at radius 1 is 0.941 bits per heavy atom. The normalized spacial score (nSPS) is 22.4. The molecule has 4 nitrogen and oxygen atoms in total. The largest absolute Gasteiger partial charge is 0.444 e. The van der Waals surface area contributed by atoms with Gasteiger partial charge in [-0.25, -0.2) is 4.79 Å². The number of unbranched alkanes of at least 4 members (excludes halogenated alkanes) is 8. The van der Waals surface area contributed by atoms with Crippen molar-refractivity contribution >= 4 is 14.4 Å². The molecule has 0 spiro atoms. The van der Waals surface area contributed by atoms with Crippen molar-refractivity contribution in [3.8, 4) is 0 Å². The van der Waals surface area contributed by atoms with Crippen LogP contribution >= 0.6 is 0 Å². The van der Waals surface area contributed by atoms with E-state index < -0.39 is 13.9 Å². The van der Waals surface area contributed by atoms with E-state index in [1.165, 1.54) is 51.4 Å². The van der Waals surface area contributed by atoms with Crippen molar-refractivity contribution in [2.24, 2.45) is 0 Å². The summed E-state index contributed by atoms with van der Waals surface area (Å²) in [6, 6.07) is 0.0775. The van der Waals surface area contributed by atoms with Crippen LogP contribution in [0.25, 0.3) is 0 Å². The molecule has 0 aromatic carbocycles. The molecule has 0 aliphatic carbocycles. The minimum absolute atomic E-state index is 0.00417. The molecule has 1 heterocycles. The molecule has 0 saturated carbocycles. The molecule has 1 aliphatic heterocycles. The van der Waals surface area contributed by atoms with Gasteiger partial charge in [-0.1, -0.05) is 84.8 Å². The lowest BCUT2D eigenvalue weighted by Crippen LogP contribution is -2.58. The Morgan fingerprint density at radius 2 is 1.50 bits per heavy atom. The molecule has 0 aromatic heterocycles. The van der Waals surface area contributed by atoms with E-state index in [0.717, 1.165) is 19.3 Å². The fourth-order valence-electron chi connectivity index (χ4n) is 4.36. The van der Waals surface area contributed by atoms with Gasteiger partial charge in [0, 0.05) is 0 Å². The van der Waals surface area contributed by atoms with Crippen LogP contribution in [-0.4, -0.2) is 43.1 Å². The highest BCUT2D eigenvalue weighted by atomic mass is 28.4. The smallest absolute Gasteiger partial charge is 0.411 e. The minimum Gasteiger partial charge on any atom is -0.444 e. The Kier molecular flexibility index (Phi) is 12.9. The van der Waals surface area contributed by atoms with E-state index in [0.29, 0.717) is 0 Å². The summed E-state index contributed by atoms with van der Waals surface area (Å²) in [6.07, 6.45) is 18.1. The SMILES string of the molecule is CCCCCCCCCC/C=C/[C@H]1CC[C@H](O[Si](C)(C)C(C)(C)C)[C@@H](C)N1C(=O)OC(C)(C)C. The highest BCUT2D eigenvalue weighted by molar-refractivity contribution is 6.74. The quantitative estimate of drug-likeness (QED) is 0.154. The summed E-state index contributed by atoms with van der Waals surface area (Å²) in [4.78, 5) is 15.2. The first kappa shape index (κ1) is 31.2. The third-order valence-electron chi connectivity index (χ3n) is 7.52. The number of amides is 1. The third-order valence-corrected chi connectivity index (χ3v) is 12.0. The number of carbonyl (C=O) groups excluding carboxylic acids is 1. The zero-order chi connectivity index (χ0) is 26.0. The molecule has 1 aliphatic rings. The fraction of sp³-hybridized carbons (Fsp3) is 0.897. The molecule has 5 heteroatoms.